The van der Waals surface area contributed by atoms with Gasteiger partial charge in [0, 0.05) is 18.7 Å². The lowest BCUT2D eigenvalue weighted by Crippen LogP contribution is -2.45. The molecule has 0 unspecified atom stereocenters. The molecule has 0 saturated carbocycles. The highest BCUT2D eigenvalue weighted by atomic mass is 32.2. The predicted octanol–water partition coefficient (Wildman–Crippen LogP) is -0.221. The molecule has 0 aliphatic carbocycles. The number of benzene rings is 1. The number of carbonyl (C=O) groups excluding carboxylic acids is 1. The molecule has 1 heterocycles. The third-order valence-electron chi connectivity index (χ3n) is 2.82. The molecule has 0 aromatic heterocycles. The first-order chi connectivity index (χ1) is 7.99. The molecule has 0 spiro atoms. The van der Waals surface area contributed by atoms with Crippen molar-refractivity contribution in [2.45, 2.75) is 4.90 Å². The molecule has 0 atom stereocenters. The van der Waals surface area contributed by atoms with Crippen molar-refractivity contribution in [3.8, 4) is 0 Å². The van der Waals surface area contributed by atoms with Crippen LogP contribution >= 0.6 is 0 Å². The number of hydrogen-bond acceptors (Lipinski definition) is 4. The van der Waals surface area contributed by atoms with Crippen molar-refractivity contribution in [2.24, 2.45) is 11.7 Å². The molecule has 1 aliphatic heterocycles. The van der Waals surface area contributed by atoms with E-state index in [1.54, 1.807) is 0 Å². The molecule has 1 fully saturated rings. The second kappa shape index (κ2) is 4.46. The van der Waals surface area contributed by atoms with Crippen molar-refractivity contribution in [2.75, 3.05) is 18.8 Å². The molecule has 1 amide bonds. The van der Waals surface area contributed by atoms with Crippen molar-refractivity contribution in [1.82, 2.24) is 5.32 Å². The average Bonchev–Trinajstić information content (AvgIpc) is 2.24. The van der Waals surface area contributed by atoms with Crippen LogP contribution in [-0.2, 0) is 9.84 Å². The van der Waals surface area contributed by atoms with Crippen LogP contribution in [0.3, 0.4) is 0 Å². The van der Waals surface area contributed by atoms with Crippen molar-refractivity contribution >= 4 is 15.7 Å². The zero-order chi connectivity index (χ0) is 12.5. The van der Waals surface area contributed by atoms with Crippen LogP contribution in [0.5, 0.6) is 0 Å². The minimum absolute atomic E-state index is 0.149. The fourth-order valence-corrected chi connectivity index (χ4v) is 3.30. The number of nitrogens with two attached hydrogens (primary N) is 1. The molecule has 3 N–H and O–H groups in total. The molecule has 1 aromatic carbocycles. The molecule has 0 bridgehead atoms. The Morgan fingerprint density at radius 3 is 2.29 bits per heavy atom. The first-order valence-electron chi connectivity index (χ1n) is 5.32. The van der Waals surface area contributed by atoms with Gasteiger partial charge in [0.2, 0.25) is 5.91 Å². The molecule has 1 aromatic rings. The van der Waals surface area contributed by atoms with Crippen molar-refractivity contribution in [3.05, 3.63) is 29.8 Å². The fourth-order valence-electron chi connectivity index (χ4n) is 1.70. The summed E-state index contributed by atoms with van der Waals surface area (Å²) in [6, 6.07) is 5.74. The molecule has 1 aliphatic rings. The number of rotatable bonds is 4. The molecule has 5 nitrogen and oxygen atoms in total. The van der Waals surface area contributed by atoms with E-state index in [9.17, 15) is 13.2 Å². The van der Waals surface area contributed by atoms with Gasteiger partial charge in [0.25, 0.3) is 0 Å². The maximum atomic E-state index is 12.0. The lowest BCUT2D eigenvalue weighted by Gasteiger charge is -2.26. The second-order valence-corrected chi connectivity index (χ2v) is 6.23. The third kappa shape index (κ3) is 2.65. The van der Waals surface area contributed by atoms with Crippen LogP contribution in [0.4, 0.5) is 0 Å². The van der Waals surface area contributed by atoms with Crippen molar-refractivity contribution < 1.29 is 13.2 Å². The summed E-state index contributed by atoms with van der Waals surface area (Å²) in [5, 5.41) is 3.03. The minimum atomic E-state index is -3.25. The van der Waals surface area contributed by atoms with Gasteiger partial charge in [0.05, 0.1) is 10.6 Å². The van der Waals surface area contributed by atoms with Gasteiger partial charge in [-0.25, -0.2) is 8.42 Å². The summed E-state index contributed by atoms with van der Waals surface area (Å²) in [6.45, 7) is 1.50. The highest BCUT2D eigenvalue weighted by Gasteiger charge is 2.25. The molecule has 0 radical (unpaired) electrons. The molecule has 6 heteroatoms. The van der Waals surface area contributed by atoms with E-state index in [-0.39, 0.29) is 16.6 Å². The summed E-state index contributed by atoms with van der Waals surface area (Å²) in [4.78, 5) is 11.1. The Morgan fingerprint density at radius 2 is 1.88 bits per heavy atom. The summed E-state index contributed by atoms with van der Waals surface area (Å²) in [7, 11) is -3.25. The summed E-state index contributed by atoms with van der Waals surface area (Å²) in [5.74, 6) is -0.219. The van der Waals surface area contributed by atoms with Gasteiger partial charge in [-0.05, 0) is 30.2 Å². The fraction of sp³-hybridized carbons (Fsp3) is 0.364. The van der Waals surface area contributed by atoms with Gasteiger partial charge in [0.15, 0.2) is 9.84 Å². The van der Waals surface area contributed by atoms with Gasteiger partial charge in [-0.3, -0.25) is 4.79 Å². The van der Waals surface area contributed by atoms with Crippen LogP contribution in [0.1, 0.15) is 10.4 Å². The summed E-state index contributed by atoms with van der Waals surface area (Å²) >= 11 is 0. The Balaban J connectivity index is 2.17. The predicted molar refractivity (Wildman–Crippen MR) is 63.4 cm³/mol. The summed E-state index contributed by atoms with van der Waals surface area (Å²) in [6.07, 6.45) is 0. The molecule has 1 saturated heterocycles. The number of sulfone groups is 1. The van der Waals surface area contributed by atoms with Gasteiger partial charge >= 0.3 is 0 Å². The van der Waals surface area contributed by atoms with Crippen molar-refractivity contribution in [1.29, 1.82) is 0 Å². The molecule has 17 heavy (non-hydrogen) atoms. The van der Waals surface area contributed by atoms with E-state index in [4.69, 9.17) is 5.73 Å². The van der Waals surface area contributed by atoms with Crippen molar-refractivity contribution in [3.63, 3.8) is 0 Å². The Morgan fingerprint density at radius 1 is 1.29 bits per heavy atom. The lowest BCUT2D eigenvalue weighted by molar-refractivity contribution is 0.1000. The van der Waals surface area contributed by atoms with Crippen LogP contribution in [0, 0.1) is 5.92 Å². The number of primary amides is 1. The Bertz CT molecular complexity index is 518. The number of hydrogen-bond donors (Lipinski definition) is 2. The Kier molecular flexibility index (Phi) is 3.17. The van der Waals surface area contributed by atoms with E-state index >= 15 is 0 Å². The summed E-state index contributed by atoms with van der Waals surface area (Å²) in [5.41, 5.74) is 5.40. The Hall–Kier alpha value is -1.40. The maximum Gasteiger partial charge on any atom is 0.248 e. The van der Waals surface area contributed by atoms with E-state index < -0.39 is 15.7 Å². The molecular formula is C11H14N2O3S. The largest absolute Gasteiger partial charge is 0.366 e. The zero-order valence-corrected chi connectivity index (χ0v) is 10.0. The number of carbonyl (C=O) groups is 1. The lowest BCUT2D eigenvalue weighted by atomic mass is 10.1. The highest BCUT2D eigenvalue weighted by Crippen LogP contribution is 2.17. The van der Waals surface area contributed by atoms with Gasteiger partial charge in [-0.2, -0.15) is 0 Å². The standard InChI is InChI=1S/C11H14N2O3S/c12-11(14)9-1-3-10(4-2-9)17(15,16)7-8-5-13-6-8/h1-4,8,13H,5-7H2,(H2,12,14). The van der Waals surface area contributed by atoms with Crippen LogP contribution in [0.25, 0.3) is 0 Å². The van der Waals surface area contributed by atoms with Gasteiger partial charge in [-0.15, -0.1) is 0 Å². The summed E-state index contributed by atoms with van der Waals surface area (Å²) < 4.78 is 23.9. The van der Waals surface area contributed by atoms with Crippen LogP contribution in [-0.4, -0.2) is 33.2 Å². The topological polar surface area (TPSA) is 89.3 Å². The zero-order valence-electron chi connectivity index (χ0n) is 9.22. The van der Waals surface area contributed by atoms with Crippen LogP contribution in [0.2, 0.25) is 0 Å². The molecule has 92 valence electrons. The monoisotopic (exact) mass is 254 g/mol. The van der Waals surface area contributed by atoms with E-state index in [1.807, 2.05) is 0 Å². The SMILES string of the molecule is NC(=O)c1ccc(S(=O)(=O)CC2CNC2)cc1. The minimum Gasteiger partial charge on any atom is -0.366 e. The quantitative estimate of drug-likeness (QED) is 0.777. The average molecular weight is 254 g/mol. The first-order valence-corrected chi connectivity index (χ1v) is 6.97. The van der Waals surface area contributed by atoms with E-state index in [1.165, 1.54) is 24.3 Å². The third-order valence-corrected chi connectivity index (χ3v) is 4.72. The highest BCUT2D eigenvalue weighted by molar-refractivity contribution is 7.91. The molecule has 2 rings (SSSR count). The Labute approximate surface area is 99.9 Å². The van der Waals surface area contributed by atoms with Crippen LogP contribution < -0.4 is 11.1 Å². The normalized spacial score (nSPS) is 16.5. The number of nitrogens with one attached hydrogen (secondary N) is 1. The van der Waals surface area contributed by atoms with E-state index in [0.29, 0.717) is 5.56 Å². The smallest absolute Gasteiger partial charge is 0.248 e. The maximum absolute atomic E-state index is 12.0. The van der Waals surface area contributed by atoms with Gasteiger partial charge in [-0.1, -0.05) is 0 Å². The second-order valence-electron chi connectivity index (χ2n) is 4.19. The first kappa shape index (κ1) is 12.1. The van der Waals surface area contributed by atoms with Gasteiger partial charge < -0.3 is 11.1 Å². The van der Waals surface area contributed by atoms with E-state index in [2.05, 4.69) is 5.32 Å². The number of amides is 1. The van der Waals surface area contributed by atoms with Gasteiger partial charge in [0.1, 0.15) is 0 Å². The molecular weight excluding hydrogens is 240 g/mol. The van der Waals surface area contributed by atoms with Crippen LogP contribution in [0.15, 0.2) is 29.2 Å². The van der Waals surface area contributed by atoms with E-state index in [0.717, 1.165) is 13.1 Å².